The van der Waals surface area contributed by atoms with E-state index in [2.05, 4.69) is 63.4 Å². The Hall–Kier alpha value is -3.26. The van der Waals surface area contributed by atoms with Gasteiger partial charge in [0.25, 0.3) is 0 Å². The molecule has 2 nitrogen and oxygen atoms in total. The van der Waals surface area contributed by atoms with E-state index in [1.807, 2.05) is 48.5 Å². The molecule has 0 amide bonds. The Bertz CT molecular complexity index is 989. The Morgan fingerprint density at radius 2 is 1.56 bits per heavy atom. The summed E-state index contributed by atoms with van der Waals surface area (Å²) in [6.07, 6.45) is 6.98. The van der Waals surface area contributed by atoms with Crippen molar-refractivity contribution in [2.75, 3.05) is 6.61 Å². The van der Waals surface area contributed by atoms with Crippen molar-refractivity contribution in [3.05, 3.63) is 115 Å². The summed E-state index contributed by atoms with van der Waals surface area (Å²) in [5.74, 6) is 3.04. The zero-order chi connectivity index (χ0) is 22.8. The molecule has 3 aromatic carbocycles. The smallest absolute Gasteiger partial charge is 0.127 e. The number of hydrogen-bond donors (Lipinski definition) is 0. The molecule has 32 heavy (non-hydrogen) atoms. The first-order chi connectivity index (χ1) is 15.6. The summed E-state index contributed by atoms with van der Waals surface area (Å²) in [6.45, 7) is 13.0. The van der Waals surface area contributed by atoms with E-state index in [0.29, 0.717) is 12.5 Å². The number of hydrogen-bond acceptors (Lipinski definition) is 2. The Kier molecular flexibility index (Phi) is 8.33. The third-order valence-electron chi connectivity index (χ3n) is 6.09. The Morgan fingerprint density at radius 1 is 0.844 bits per heavy atom. The maximum atomic E-state index is 6.00. The van der Waals surface area contributed by atoms with E-state index in [1.165, 1.54) is 11.1 Å². The molecule has 0 spiro atoms. The summed E-state index contributed by atoms with van der Waals surface area (Å²) in [5, 5.41) is 0. The summed E-state index contributed by atoms with van der Waals surface area (Å²) in [5.41, 5.74) is 2.50. The van der Waals surface area contributed by atoms with Crippen LogP contribution in [0, 0.1) is 5.92 Å². The van der Waals surface area contributed by atoms with Crippen LogP contribution in [0.5, 0.6) is 17.2 Å². The van der Waals surface area contributed by atoms with Crippen LogP contribution in [-0.4, -0.2) is 6.61 Å². The van der Waals surface area contributed by atoms with Gasteiger partial charge in [-0.3, -0.25) is 0 Å². The second-order valence-electron chi connectivity index (χ2n) is 8.44. The Morgan fingerprint density at radius 3 is 2.22 bits per heavy atom. The van der Waals surface area contributed by atoms with Crippen LogP contribution >= 0.6 is 0 Å². The molecular weight excluding hydrogens is 392 g/mol. The SMILES string of the molecule is C=CCOc1ccc(C(C=C)(CCCc2cccc(Oc3ccccc3)c2)C(C)C)cc1. The maximum Gasteiger partial charge on any atom is 0.127 e. The van der Waals surface area contributed by atoms with Gasteiger partial charge in [0.2, 0.25) is 0 Å². The molecule has 0 saturated carbocycles. The fraction of sp³-hybridized carbons (Fsp3) is 0.267. The fourth-order valence-corrected chi connectivity index (χ4v) is 4.21. The van der Waals surface area contributed by atoms with Gasteiger partial charge in [-0.15, -0.1) is 6.58 Å². The van der Waals surface area contributed by atoms with Crippen molar-refractivity contribution in [2.45, 2.75) is 38.5 Å². The predicted octanol–water partition coefficient (Wildman–Crippen LogP) is 8.15. The Labute approximate surface area is 193 Å². The lowest BCUT2D eigenvalue weighted by molar-refractivity contribution is 0.346. The van der Waals surface area contributed by atoms with Crippen molar-refractivity contribution in [1.82, 2.24) is 0 Å². The summed E-state index contributed by atoms with van der Waals surface area (Å²) < 4.78 is 11.7. The van der Waals surface area contributed by atoms with Crippen LogP contribution < -0.4 is 9.47 Å². The molecule has 0 fully saturated rings. The van der Waals surface area contributed by atoms with Crippen molar-refractivity contribution < 1.29 is 9.47 Å². The quantitative estimate of drug-likeness (QED) is 0.272. The van der Waals surface area contributed by atoms with E-state index < -0.39 is 0 Å². The highest BCUT2D eigenvalue weighted by molar-refractivity contribution is 5.37. The zero-order valence-electron chi connectivity index (χ0n) is 19.3. The van der Waals surface area contributed by atoms with Gasteiger partial charge in [-0.05, 0) is 72.7 Å². The third kappa shape index (κ3) is 5.91. The van der Waals surface area contributed by atoms with Gasteiger partial charge in [-0.1, -0.05) is 75.0 Å². The molecule has 0 bridgehead atoms. The van der Waals surface area contributed by atoms with Crippen LogP contribution in [-0.2, 0) is 11.8 Å². The predicted molar refractivity (Wildman–Crippen MR) is 135 cm³/mol. The lowest BCUT2D eigenvalue weighted by atomic mass is 9.68. The lowest BCUT2D eigenvalue weighted by Gasteiger charge is -2.36. The minimum Gasteiger partial charge on any atom is -0.490 e. The maximum absolute atomic E-state index is 6.00. The van der Waals surface area contributed by atoms with Crippen molar-refractivity contribution in [3.63, 3.8) is 0 Å². The minimum atomic E-state index is -0.0743. The van der Waals surface area contributed by atoms with Crippen molar-refractivity contribution in [3.8, 4) is 17.2 Å². The average molecular weight is 427 g/mol. The molecule has 0 aliphatic heterocycles. The third-order valence-corrected chi connectivity index (χ3v) is 6.09. The van der Waals surface area contributed by atoms with E-state index in [9.17, 15) is 0 Å². The van der Waals surface area contributed by atoms with Gasteiger partial charge in [0.15, 0.2) is 0 Å². The van der Waals surface area contributed by atoms with E-state index in [4.69, 9.17) is 9.47 Å². The van der Waals surface area contributed by atoms with Crippen molar-refractivity contribution in [1.29, 1.82) is 0 Å². The number of allylic oxidation sites excluding steroid dienone is 1. The van der Waals surface area contributed by atoms with Gasteiger partial charge in [0.05, 0.1) is 0 Å². The lowest BCUT2D eigenvalue weighted by Crippen LogP contribution is -2.30. The van der Waals surface area contributed by atoms with Crippen molar-refractivity contribution >= 4 is 0 Å². The number of benzene rings is 3. The molecular formula is C30H34O2. The van der Waals surface area contributed by atoms with E-state index in [1.54, 1.807) is 6.08 Å². The van der Waals surface area contributed by atoms with Gasteiger partial charge in [0, 0.05) is 5.41 Å². The highest BCUT2D eigenvalue weighted by Crippen LogP contribution is 2.39. The summed E-state index contributed by atoms with van der Waals surface area (Å²) in [6, 6.07) is 26.7. The van der Waals surface area contributed by atoms with E-state index in [0.717, 1.165) is 36.5 Å². The molecule has 0 aliphatic carbocycles. The average Bonchev–Trinajstić information content (AvgIpc) is 2.82. The summed E-state index contributed by atoms with van der Waals surface area (Å²) in [7, 11) is 0. The standard InChI is InChI=1S/C30H34O2/c1-5-22-31-27-19-17-26(18-20-27)30(6-2,24(3)4)21-11-13-25-12-10-16-29(23-25)32-28-14-8-7-9-15-28/h5-10,12,14-20,23-24H,1-2,11,13,21-22H2,3-4H3. The second kappa shape index (κ2) is 11.4. The molecule has 0 N–H and O–H groups in total. The zero-order valence-corrected chi connectivity index (χ0v) is 19.3. The van der Waals surface area contributed by atoms with Gasteiger partial charge in [-0.25, -0.2) is 0 Å². The van der Waals surface area contributed by atoms with E-state index in [-0.39, 0.29) is 5.41 Å². The molecule has 2 heteroatoms. The molecule has 0 radical (unpaired) electrons. The topological polar surface area (TPSA) is 18.5 Å². The Balaban J connectivity index is 1.68. The molecule has 0 heterocycles. The van der Waals surface area contributed by atoms with Crippen LogP contribution in [0.15, 0.2) is 104 Å². The van der Waals surface area contributed by atoms with Crippen LogP contribution in [0.1, 0.15) is 37.8 Å². The normalized spacial score (nSPS) is 12.7. The monoisotopic (exact) mass is 426 g/mol. The number of ether oxygens (including phenoxy) is 2. The van der Waals surface area contributed by atoms with Gasteiger partial charge >= 0.3 is 0 Å². The number of para-hydroxylation sites is 1. The largest absolute Gasteiger partial charge is 0.490 e. The fourth-order valence-electron chi connectivity index (χ4n) is 4.21. The van der Waals surface area contributed by atoms with Gasteiger partial charge in [0.1, 0.15) is 23.9 Å². The first-order valence-electron chi connectivity index (χ1n) is 11.4. The summed E-state index contributed by atoms with van der Waals surface area (Å²) >= 11 is 0. The molecule has 0 saturated heterocycles. The molecule has 166 valence electrons. The van der Waals surface area contributed by atoms with Gasteiger partial charge < -0.3 is 9.47 Å². The minimum absolute atomic E-state index is 0.0743. The summed E-state index contributed by atoms with van der Waals surface area (Å²) in [4.78, 5) is 0. The molecule has 3 rings (SSSR count). The molecule has 1 atom stereocenters. The first kappa shape index (κ1) is 23.4. The number of aryl methyl sites for hydroxylation is 1. The highest BCUT2D eigenvalue weighted by Gasteiger charge is 2.32. The highest BCUT2D eigenvalue weighted by atomic mass is 16.5. The first-order valence-corrected chi connectivity index (χ1v) is 11.4. The van der Waals surface area contributed by atoms with Crippen LogP contribution in [0.25, 0.3) is 0 Å². The van der Waals surface area contributed by atoms with Crippen molar-refractivity contribution in [2.24, 2.45) is 5.92 Å². The second-order valence-corrected chi connectivity index (χ2v) is 8.44. The van der Waals surface area contributed by atoms with Gasteiger partial charge in [-0.2, -0.15) is 0 Å². The molecule has 1 unspecified atom stereocenters. The van der Waals surface area contributed by atoms with Crippen LogP contribution in [0.2, 0.25) is 0 Å². The number of rotatable bonds is 12. The van der Waals surface area contributed by atoms with Crippen LogP contribution in [0.4, 0.5) is 0 Å². The van der Waals surface area contributed by atoms with Crippen LogP contribution in [0.3, 0.4) is 0 Å². The molecule has 3 aromatic rings. The van der Waals surface area contributed by atoms with E-state index >= 15 is 0 Å². The molecule has 0 aliphatic rings. The molecule has 0 aromatic heterocycles.